The highest BCUT2D eigenvalue weighted by Gasteiger charge is 2.19. The Labute approximate surface area is 74.6 Å². The molecule has 0 aromatic heterocycles. The number of hydrogen-bond acceptors (Lipinski definition) is 1. The van der Waals surface area contributed by atoms with Gasteiger partial charge in [-0.25, -0.2) is 8.78 Å². The molecule has 0 aliphatic carbocycles. The highest BCUT2D eigenvalue weighted by Crippen LogP contribution is 2.33. The summed E-state index contributed by atoms with van der Waals surface area (Å²) in [5, 5.41) is 0. The molecule has 0 atom stereocenters. The molecule has 1 aliphatic heterocycles. The van der Waals surface area contributed by atoms with Gasteiger partial charge in [-0.1, -0.05) is 0 Å². The van der Waals surface area contributed by atoms with Gasteiger partial charge >= 0.3 is 0 Å². The molecule has 1 nitrogen and oxygen atoms in total. The molecule has 1 aromatic carbocycles. The average molecular weight is 182 g/mol. The van der Waals surface area contributed by atoms with Crippen molar-refractivity contribution in [1.82, 2.24) is 0 Å². The smallest absolute Gasteiger partial charge is 0.165 e. The van der Waals surface area contributed by atoms with Crippen molar-refractivity contribution in [2.24, 2.45) is 0 Å². The fourth-order valence-electron chi connectivity index (χ4n) is 1.39. The summed E-state index contributed by atoms with van der Waals surface area (Å²) in [7, 11) is 0. The van der Waals surface area contributed by atoms with Crippen molar-refractivity contribution in [2.45, 2.75) is 6.92 Å². The van der Waals surface area contributed by atoms with E-state index in [9.17, 15) is 8.78 Å². The van der Waals surface area contributed by atoms with Crippen LogP contribution >= 0.6 is 0 Å². The van der Waals surface area contributed by atoms with Crippen LogP contribution in [-0.2, 0) is 0 Å². The monoisotopic (exact) mass is 182 g/mol. The first kappa shape index (κ1) is 8.23. The van der Waals surface area contributed by atoms with Gasteiger partial charge in [-0.15, -0.1) is 0 Å². The van der Waals surface area contributed by atoms with Gasteiger partial charge < -0.3 is 4.74 Å². The van der Waals surface area contributed by atoms with E-state index in [0.717, 1.165) is 17.7 Å². The van der Waals surface area contributed by atoms with Gasteiger partial charge in [0.15, 0.2) is 11.6 Å². The van der Waals surface area contributed by atoms with E-state index in [4.69, 9.17) is 4.74 Å². The molecule has 0 bridgehead atoms. The van der Waals surface area contributed by atoms with E-state index in [1.54, 1.807) is 13.0 Å². The molecule has 0 fully saturated rings. The minimum Gasteiger partial charge on any atom is -0.486 e. The maximum absolute atomic E-state index is 13.2. The van der Waals surface area contributed by atoms with E-state index in [-0.39, 0.29) is 11.3 Å². The van der Waals surface area contributed by atoms with Crippen LogP contribution in [0.5, 0.6) is 5.75 Å². The third-order valence-corrected chi connectivity index (χ3v) is 2.07. The van der Waals surface area contributed by atoms with Crippen LogP contribution in [0.4, 0.5) is 8.78 Å². The number of allylic oxidation sites excluding steroid dienone is 1. The maximum atomic E-state index is 13.2. The lowest BCUT2D eigenvalue weighted by Crippen LogP contribution is -2.07. The standard InChI is InChI=1S/C10H8F2O/c1-6-4-5-13-10-8(12)3-2-7(11)9(6)10/h2-4H,5H2,1H3. The highest BCUT2D eigenvalue weighted by atomic mass is 19.1. The first-order valence-electron chi connectivity index (χ1n) is 3.98. The average Bonchev–Trinajstić information content (AvgIpc) is 2.12. The Morgan fingerprint density at radius 3 is 2.62 bits per heavy atom. The van der Waals surface area contributed by atoms with E-state index in [0.29, 0.717) is 6.61 Å². The second-order valence-corrected chi connectivity index (χ2v) is 2.93. The van der Waals surface area contributed by atoms with Gasteiger partial charge in [0.05, 0.1) is 5.56 Å². The Morgan fingerprint density at radius 2 is 1.92 bits per heavy atom. The van der Waals surface area contributed by atoms with Crippen LogP contribution in [0.25, 0.3) is 5.57 Å². The third-order valence-electron chi connectivity index (χ3n) is 2.07. The SMILES string of the molecule is CC1=CCOc2c(F)ccc(F)c21. The predicted octanol–water partition coefficient (Wildman–Crippen LogP) is 2.76. The number of benzene rings is 1. The van der Waals surface area contributed by atoms with Crippen LogP contribution in [-0.4, -0.2) is 6.61 Å². The lowest BCUT2D eigenvalue weighted by atomic mass is 10.0. The van der Waals surface area contributed by atoms with Crippen LogP contribution < -0.4 is 4.74 Å². The van der Waals surface area contributed by atoms with Gasteiger partial charge in [0.1, 0.15) is 12.4 Å². The fourth-order valence-corrected chi connectivity index (χ4v) is 1.39. The summed E-state index contributed by atoms with van der Waals surface area (Å²) in [6.45, 7) is 2.04. The summed E-state index contributed by atoms with van der Waals surface area (Å²) in [5.41, 5.74) is 0.963. The van der Waals surface area contributed by atoms with Crippen molar-refractivity contribution in [3.8, 4) is 5.75 Å². The maximum Gasteiger partial charge on any atom is 0.165 e. The Morgan fingerprint density at radius 1 is 1.23 bits per heavy atom. The number of halogens is 2. The van der Waals surface area contributed by atoms with E-state index >= 15 is 0 Å². The Hall–Kier alpha value is -1.38. The summed E-state index contributed by atoms with van der Waals surface area (Å²) in [5.74, 6) is -0.922. The van der Waals surface area contributed by atoms with E-state index in [2.05, 4.69) is 0 Å². The van der Waals surface area contributed by atoms with Crippen molar-refractivity contribution < 1.29 is 13.5 Å². The summed E-state index contributed by atoms with van der Waals surface area (Å²) >= 11 is 0. The van der Waals surface area contributed by atoms with Crippen molar-refractivity contribution >= 4 is 5.57 Å². The molecule has 0 radical (unpaired) electrons. The van der Waals surface area contributed by atoms with E-state index in [1.165, 1.54) is 0 Å². The topological polar surface area (TPSA) is 9.23 Å². The summed E-state index contributed by atoms with van der Waals surface area (Å²) in [6, 6.07) is 2.19. The van der Waals surface area contributed by atoms with Crippen LogP contribution in [0.1, 0.15) is 12.5 Å². The third kappa shape index (κ3) is 1.20. The largest absolute Gasteiger partial charge is 0.486 e. The molecule has 1 aliphatic rings. The normalized spacial score (nSPS) is 14.5. The van der Waals surface area contributed by atoms with E-state index < -0.39 is 11.6 Å². The summed E-state index contributed by atoms with van der Waals surface area (Å²) < 4.78 is 31.3. The summed E-state index contributed by atoms with van der Waals surface area (Å²) in [4.78, 5) is 0. The minimum absolute atomic E-state index is 0.0278. The molecule has 13 heavy (non-hydrogen) atoms. The molecule has 68 valence electrons. The molecule has 2 rings (SSSR count). The van der Waals surface area contributed by atoms with Gasteiger partial charge in [-0.3, -0.25) is 0 Å². The molecule has 1 heterocycles. The number of fused-ring (bicyclic) bond motifs is 1. The lowest BCUT2D eigenvalue weighted by Gasteiger charge is -2.17. The quantitative estimate of drug-likeness (QED) is 0.599. The van der Waals surface area contributed by atoms with Crippen molar-refractivity contribution in [3.63, 3.8) is 0 Å². The second kappa shape index (κ2) is 2.83. The molecule has 0 unspecified atom stereocenters. The van der Waals surface area contributed by atoms with Gasteiger partial charge in [0.25, 0.3) is 0 Å². The Bertz CT molecular complexity index is 383. The van der Waals surface area contributed by atoms with Gasteiger partial charge in [0.2, 0.25) is 0 Å². The highest BCUT2D eigenvalue weighted by molar-refractivity contribution is 5.71. The first-order chi connectivity index (χ1) is 6.20. The second-order valence-electron chi connectivity index (χ2n) is 2.93. The van der Waals surface area contributed by atoms with Crippen LogP contribution in [0, 0.1) is 11.6 Å². The summed E-state index contributed by atoms with van der Waals surface area (Å²) in [6.07, 6.45) is 1.73. The zero-order valence-corrected chi connectivity index (χ0v) is 7.10. The minimum atomic E-state index is -0.510. The zero-order valence-electron chi connectivity index (χ0n) is 7.10. The number of ether oxygens (including phenoxy) is 1. The number of rotatable bonds is 0. The van der Waals surface area contributed by atoms with Crippen LogP contribution in [0.15, 0.2) is 18.2 Å². The molecule has 0 N–H and O–H groups in total. The molecular weight excluding hydrogens is 174 g/mol. The molecule has 1 aromatic rings. The molecular formula is C10H8F2O. The van der Waals surface area contributed by atoms with E-state index in [1.807, 2.05) is 0 Å². The molecule has 0 amide bonds. The first-order valence-corrected chi connectivity index (χ1v) is 3.98. The lowest BCUT2D eigenvalue weighted by molar-refractivity contribution is 0.332. The predicted molar refractivity (Wildman–Crippen MR) is 45.5 cm³/mol. The Balaban J connectivity index is 2.70. The van der Waals surface area contributed by atoms with Crippen molar-refractivity contribution in [1.29, 1.82) is 0 Å². The van der Waals surface area contributed by atoms with Gasteiger partial charge in [-0.2, -0.15) is 0 Å². The Kier molecular flexibility index (Phi) is 1.79. The van der Waals surface area contributed by atoms with Crippen LogP contribution in [0.3, 0.4) is 0 Å². The zero-order chi connectivity index (χ0) is 9.42. The van der Waals surface area contributed by atoms with Crippen molar-refractivity contribution in [2.75, 3.05) is 6.61 Å². The van der Waals surface area contributed by atoms with Crippen LogP contribution in [0.2, 0.25) is 0 Å². The van der Waals surface area contributed by atoms with Gasteiger partial charge in [-0.05, 0) is 30.7 Å². The molecule has 3 heteroatoms. The molecule has 0 saturated heterocycles. The van der Waals surface area contributed by atoms with Crippen molar-refractivity contribution in [3.05, 3.63) is 35.4 Å². The number of hydrogen-bond donors (Lipinski definition) is 0. The van der Waals surface area contributed by atoms with Gasteiger partial charge in [0, 0.05) is 0 Å². The fraction of sp³-hybridized carbons (Fsp3) is 0.200. The molecule has 0 saturated carbocycles. The molecule has 0 spiro atoms.